The van der Waals surface area contributed by atoms with Crippen molar-refractivity contribution < 1.29 is 4.74 Å². The van der Waals surface area contributed by atoms with Crippen LogP contribution in [-0.4, -0.2) is 39.5 Å². The van der Waals surface area contributed by atoms with Gasteiger partial charge in [0, 0.05) is 26.9 Å². The molecule has 0 saturated carbocycles. The van der Waals surface area contributed by atoms with Crippen LogP contribution >= 0.6 is 23.2 Å². The Balaban J connectivity index is 2.03. The molecule has 0 fully saturated rings. The van der Waals surface area contributed by atoms with Crippen LogP contribution in [0.25, 0.3) is 11.0 Å². The molecule has 0 aliphatic rings. The van der Waals surface area contributed by atoms with Gasteiger partial charge >= 0.3 is 0 Å². The Morgan fingerprint density at radius 1 is 1.22 bits per heavy atom. The summed E-state index contributed by atoms with van der Waals surface area (Å²) in [6.07, 6.45) is 2.50. The van der Waals surface area contributed by atoms with Gasteiger partial charge in [-0.05, 0) is 32.4 Å². The summed E-state index contributed by atoms with van der Waals surface area (Å²) in [6.45, 7) is 4.71. The van der Waals surface area contributed by atoms with Crippen molar-refractivity contribution in [2.75, 3.05) is 24.8 Å². The molecule has 0 amide bonds. The SMILES string of the molecule is CNc1ncc2c(Nc3c(Cl)cccc3Cl)nn(CCC(C)(C)OC)c2n1. The highest BCUT2D eigenvalue weighted by Crippen LogP contribution is 2.34. The molecule has 2 heterocycles. The fourth-order valence-electron chi connectivity index (χ4n) is 2.54. The molecule has 1 aromatic carbocycles. The number of nitrogens with one attached hydrogen (secondary N) is 2. The molecule has 0 atom stereocenters. The molecule has 2 aromatic heterocycles. The normalized spacial score (nSPS) is 11.8. The van der Waals surface area contributed by atoms with Crippen molar-refractivity contribution in [3.05, 3.63) is 34.4 Å². The number of ether oxygens (including phenoxy) is 1. The highest BCUT2D eigenvalue weighted by atomic mass is 35.5. The van der Waals surface area contributed by atoms with Crippen molar-refractivity contribution in [3.8, 4) is 0 Å². The Labute approximate surface area is 168 Å². The zero-order valence-corrected chi connectivity index (χ0v) is 17.2. The van der Waals surface area contributed by atoms with E-state index in [0.717, 1.165) is 11.8 Å². The van der Waals surface area contributed by atoms with E-state index in [1.54, 1.807) is 38.6 Å². The van der Waals surface area contributed by atoms with Crippen molar-refractivity contribution in [3.63, 3.8) is 0 Å². The number of nitrogens with zero attached hydrogens (tertiary/aromatic N) is 4. The predicted molar refractivity (Wildman–Crippen MR) is 110 cm³/mol. The first-order valence-corrected chi connectivity index (χ1v) is 9.27. The smallest absolute Gasteiger partial charge is 0.224 e. The van der Waals surface area contributed by atoms with E-state index in [2.05, 4.69) is 25.7 Å². The van der Waals surface area contributed by atoms with Gasteiger partial charge in [-0.2, -0.15) is 10.1 Å². The summed E-state index contributed by atoms with van der Waals surface area (Å²) < 4.78 is 7.35. The number of hydrogen-bond donors (Lipinski definition) is 2. The molecule has 0 radical (unpaired) electrons. The molecule has 3 aromatic rings. The van der Waals surface area contributed by atoms with E-state index in [4.69, 9.17) is 27.9 Å². The molecule has 27 heavy (non-hydrogen) atoms. The quantitative estimate of drug-likeness (QED) is 0.587. The summed E-state index contributed by atoms with van der Waals surface area (Å²) in [5, 5.41) is 12.7. The molecule has 0 aliphatic carbocycles. The summed E-state index contributed by atoms with van der Waals surface area (Å²) >= 11 is 12.6. The lowest BCUT2D eigenvalue weighted by Crippen LogP contribution is -2.24. The first-order valence-electron chi connectivity index (χ1n) is 8.52. The van der Waals surface area contributed by atoms with Gasteiger partial charge in [-0.1, -0.05) is 29.3 Å². The molecule has 0 saturated heterocycles. The number of anilines is 3. The van der Waals surface area contributed by atoms with Gasteiger partial charge in [-0.25, -0.2) is 9.67 Å². The van der Waals surface area contributed by atoms with Gasteiger partial charge in [0.1, 0.15) is 0 Å². The highest BCUT2D eigenvalue weighted by molar-refractivity contribution is 6.39. The first-order chi connectivity index (χ1) is 12.8. The van der Waals surface area contributed by atoms with E-state index in [-0.39, 0.29) is 5.60 Å². The second-order valence-corrected chi connectivity index (χ2v) is 7.50. The lowest BCUT2D eigenvalue weighted by Gasteiger charge is -2.22. The second-order valence-electron chi connectivity index (χ2n) is 6.69. The van der Waals surface area contributed by atoms with Crippen molar-refractivity contribution in [1.82, 2.24) is 19.7 Å². The third-order valence-electron chi connectivity index (χ3n) is 4.40. The number of aryl methyl sites for hydroxylation is 1. The molecular weight excluding hydrogens is 387 g/mol. The van der Waals surface area contributed by atoms with Crippen LogP contribution in [0.2, 0.25) is 10.0 Å². The molecule has 2 N–H and O–H groups in total. The van der Waals surface area contributed by atoms with E-state index in [1.165, 1.54) is 0 Å². The lowest BCUT2D eigenvalue weighted by molar-refractivity contribution is 0.0116. The number of methoxy groups -OCH3 is 1. The molecular formula is C18H22Cl2N6O. The Hall–Kier alpha value is -2.09. The number of fused-ring (bicyclic) bond motifs is 1. The Kier molecular flexibility index (Phi) is 5.74. The van der Waals surface area contributed by atoms with E-state index < -0.39 is 0 Å². The van der Waals surface area contributed by atoms with Crippen LogP contribution in [0.3, 0.4) is 0 Å². The first kappa shape index (κ1) is 19.7. The minimum Gasteiger partial charge on any atom is -0.379 e. The van der Waals surface area contributed by atoms with E-state index in [0.29, 0.717) is 39.7 Å². The molecule has 9 heteroatoms. The van der Waals surface area contributed by atoms with Gasteiger partial charge in [0.2, 0.25) is 5.95 Å². The molecule has 3 rings (SSSR count). The number of aromatic nitrogens is 4. The zero-order valence-electron chi connectivity index (χ0n) is 15.7. The van der Waals surface area contributed by atoms with E-state index >= 15 is 0 Å². The van der Waals surface area contributed by atoms with Gasteiger partial charge in [-0.15, -0.1) is 0 Å². The topological polar surface area (TPSA) is 76.9 Å². The van der Waals surface area contributed by atoms with Crippen LogP contribution in [0.4, 0.5) is 17.5 Å². The van der Waals surface area contributed by atoms with Crippen LogP contribution in [-0.2, 0) is 11.3 Å². The fourth-order valence-corrected chi connectivity index (χ4v) is 3.03. The van der Waals surface area contributed by atoms with Crippen LogP contribution < -0.4 is 10.6 Å². The third-order valence-corrected chi connectivity index (χ3v) is 5.03. The Bertz CT molecular complexity index is 936. The standard InChI is InChI=1S/C18H22Cl2N6O/c1-18(2,27-4)8-9-26-16-11(10-22-17(21-3)24-16)15(25-26)23-14-12(19)6-5-7-13(14)20/h5-7,10H,8-9H2,1-4H3,(H,23,25)(H,21,22,24). The summed E-state index contributed by atoms with van der Waals surface area (Å²) in [7, 11) is 3.48. The van der Waals surface area contributed by atoms with Crippen LogP contribution in [0, 0.1) is 0 Å². The second kappa shape index (κ2) is 7.88. The Morgan fingerprint density at radius 3 is 2.56 bits per heavy atom. The van der Waals surface area contributed by atoms with E-state index in [1.807, 2.05) is 18.5 Å². The number of benzene rings is 1. The minimum absolute atomic E-state index is 0.267. The van der Waals surface area contributed by atoms with Gasteiger partial charge in [-0.3, -0.25) is 0 Å². The van der Waals surface area contributed by atoms with Crippen LogP contribution in [0.1, 0.15) is 20.3 Å². The maximum atomic E-state index is 6.29. The average Bonchev–Trinajstić information content (AvgIpc) is 3.00. The van der Waals surface area contributed by atoms with E-state index in [9.17, 15) is 0 Å². The van der Waals surface area contributed by atoms with Crippen LogP contribution in [0.15, 0.2) is 24.4 Å². The van der Waals surface area contributed by atoms with Crippen LogP contribution in [0.5, 0.6) is 0 Å². The van der Waals surface area contributed by atoms with Gasteiger partial charge in [0.15, 0.2) is 11.5 Å². The van der Waals surface area contributed by atoms with Gasteiger partial charge < -0.3 is 15.4 Å². The Morgan fingerprint density at radius 2 is 1.93 bits per heavy atom. The molecule has 0 spiro atoms. The monoisotopic (exact) mass is 408 g/mol. The van der Waals surface area contributed by atoms with Gasteiger partial charge in [0.25, 0.3) is 0 Å². The summed E-state index contributed by atoms with van der Waals surface area (Å²) in [5.74, 6) is 1.12. The molecule has 0 bridgehead atoms. The number of rotatable bonds is 7. The summed E-state index contributed by atoms with van der Waals surface area (Å²) in [4.78, 5) is 8.86. The molecule has 144 valence electrons. The number of para-hydroxylation sites is 1. The molecule has 7 nitrogen and oxygen atoms in total. The van der Waals surface area contributed by atoms with Gasteiger partial charge in [0.05, 0.1) is 26.7 Å². The van der Waals surface area contributed by atoms with Crippen molar-refractivity contribution in [1.29, 1.82) is 0 Å². The van der Waals surface area contributed by atoms with Crippen molar-refractivity contribution in [2.45, 2.75) is 32.4 Å². The maximum Gasteiger partial charge on any atom is 0.224 e. The molecule has 0 unspecified atom stereocenters. The summed E-state index contributed by atoms with van der Waals surface area (Å²) in [5.41, 5.74) is 1.05. The molecule has 0 aliphatic heterocycles. The number of hydrogen-bond acceptors (Lipinski definition) is 6. The average molecular weight is 409 g/mol. The largest absolute Gasteiger partial charge is 0.379 e. The van der Waals surface area contributed by atoms with Crippen molar-refractivity contribution >= 4 is 51.7 Å². The third kappa shape index (κ3) is 4.26. The summed E-state index contributed by atoms with van der Waals surface area (Å²) in [6, 6.07) is 5.33. The maximum absolute atomic E-state index is 6.29. The lowest BCUT2D eigenvalue weighted by atomic mass is 10.1. The minimum atomic E-state index is -0.267. The van der Waals surface area contributed by atoms with Crippen molar-refractivity contribution in [2.24, 2.45) is 0 Å². The number of halogens is 2. The fraction of sp³-hybridized carbons (Fsp3) is 0.389. The highest BCUT2D eigenvalue weighted by Gasteiger charge is 2.20. The zero-order chi connectivity index (χ0) is 19.6. The predicted octanol–water partition coefficient (Wildman–Crippen LogP) is 4.73.